The molecule has 0 aliphatic carbocycles. The first-order valence-corrected chi connectivity index (χ1v) is 6.36. The molecule has 90 valence electrons. The Hall–Kier alpha value is -0.820. The highest BCUT2D eigenvalue weighted by Crippen LogP contribution is 2.17. The molecule has 16 heavy (non-hydrogen) atoms. The number of benzene rings is 1. The maximum absolute atomic E-state index is 9.30. The van der Waals surface area contributed by atoms with Crippen LogP contribution in [0.3, 0.4) is 0 Å². The minimum Gasteiger partial charge on any atom is -0.396 e. The third-order valence-electron chi connectivity index (χ3n) is 3.24. The molecule has 1 heteroatoms. The monoisotopic (exact) mass is 220 g/mol. The van der Waals surface area contributed by atoms with Crippen LogP contribution in [0.5, 0.6) is 0 Å². The molecule has 0 bridgehead atoms. The lowest BCUT2D eigenvalue weighted by Crippen LogP contribution is -2.16. The van der Waals surface area contributed by atoms with E-state index in [0.717, 1.165) is 12.8 Å². The number of rotatable bonds is 6. The van der Waals surface area contributed by atoms with Crippen LogP contribution in [0.2, 0.25) is 0 Å². The van der Waals surface area contributed by atoms with E-state index in [0.29, 0.717) is 11.8 Å². The van der Waals surface area contributed by atoms with Gasteiger partial charge < -0.3 is 5.11 Å². The van der Waals surface area contributed by atoms with Crippen LogP contribution < -0.4 is 0 Å². The maximum atomic E-state index is 9.30. The summed E-state index contributed by atoms with van der Waals surface area (Å²) in [4.78, 5) is 0. The van der Waals surface area contributed by atoms with Gasteiger partial charge in [0.1, 0.15) is 0 Å². The summed E-state index contributed by atoms with van der Waals surface area (Å²) in [5.41, 5.74) is 2.75. The van der Waals surface area contributed by atoms with Crippen LogP contribution in [-0.2, 0) is 12.8 Å². The van der Waals surface area contributed by atoms with E-state index in [4.69, 9.17) is 0 Å². The Morgan fingerprint density at radius 2 is 1.62 bits per heavy atom. The van der Waals surface area contributed by atoms with Crippen molar-refractivity contribution in [3.63, 3.8) is 0 Å². The zero-order chi connectivity index (χ0) is 12.0. The van der Waals surface area contributed by atoms with Gasteiger partial charge in [-0.2, -0.15) is 0 Å². The Morgan fingerprint density at radius 1 is 1.06 bits per heavy atom. The standard InChI is InChI=1S/C15H24O/c1-4-5-13-6-8-14(9-7-13)10-15(11-16)12(2)3/h6-9,12,15-16H,4-5,10-11H2,1-3H3. The lowest BCUT2D eigenvalue weighted by molar-refractivity contribution is 0.189. The molecule has 1 atom stereocenters. The molecule has 0 heterocycles. The van der Waals surface area contributed by atoms with E-state index in [1.807, 2.05) is 0 Å². The molecule has 1 N–H and O–H groups in total. The predicted octanol–water partition coefficient (Wildman–Crippen LogP) is 3.45. The van der Waals surface area contributed by atoms with Crippen molar-refractivity contribution < 1.29 is 5.11 Å². The quantitative estimate of drug-likeness (QED) is 0.778. The zero-order valence-corrected chi connectivity index (χ0v) is 10.7. The number of aliphatic hydroxyl groups is 1. The van der Waals surface area contributed by atoms with Gasteiger partial charge in [0, 0.05) is 6.61 Å². The van der Waals surface area contributed by atoms with Gasteiger partial charge in [0.15, 0.2) is 0 Å². The van der Waals surface area contributed by atoms with E-state index < -0.39 is 0 Å². The van der Waals surface area contributed by atoms with Crippen molar-refractivity contribution in [3.05, 3.63) is 35.4 Å². The minimum atomic E-state index is 0.286. The van der Waals surface area contributed by atoms with Gasteiger partial charge >= 0.3 is 0 Å². The topological polar surface area (TPSA) is 20.2 Å². The highest BCUT2D eigenvalue weighted by Gasteiger charge is 2.12. The Balaban J connectivity index is 2.60. The third kappa shape index (κ3) is 3.97. The van der Waals surface area contributed by atoms with E-state index in [-0.39, 0.29) is 6.61 Å². The van der Waals surface area contributed by atoms with Gasteiger partial charge in [0.2, 0.25) is 0 Å². The summed E-state index contributed by atoms with van der Waals surface area (Å²) in [5.74, 6) is 0.928. The largest absolute Gasteiger partial charge is 0.396 e. The van der Waals surface area contributed by atoms with Crippen molar-refractivity contribution in [3.8, 4) is 0 Å². The van der Waals surface area contributed by atoms with Gasteiger partial charge in [-0.3, -0.25) is 0 Å². The van der Waals surface area contributed by atoms with E-state index in [1.54, 1.807) is 0 Å². The van der Waals surface area contributed by atoms with Crippen LogP contribution in [0.1, 0.15) is 38.3 Å². The normalized spacial score (nSPS) is 13.1. The third-order valence-corrected chi connectivity index (χ3v) is 3.24. The maximum Gasteiger partial charge on any atom is 0.0464 e. The second kappa shape index (κ2) is 6.70. The van der Waals surface area contributed by atoms with Gasteiger partial charge in [-0.1, -0.05) is 51.5 Å². The van der Waals surface area contributed by atoms with E-state index in [9.17, 15) is 5.11 Å². The lowest BCUT2D eigenvalue weighted by atomic mass is 9.89. The molecule has 0 aliphatic rings. The van der Waals surface area contributed by atoms with Crippen LogP contribution in [0, 0.1) is 11.8 Å². The first kappa shape index (κ1) is 13.2. The zero-order valence-electron chi connectivity index (χ0n) is 10.7. The molecule has 0 fully saturated rings. The number of aryl methyl sites for hydroxylation is 1. The Labute approximate surface area is 99.5 Å². The van der Waals surface area contributed by atoms with Crippen LogP contribution >= 0.6 is 0 Å². The van der Waals surface area contributed by atoms with Gasteiger partial charge in [0.05, 0.1) is 0 Å². The summed E-state index contributed by atoms with van der Waals surface area (Å²) < 4.78 is 0. The van der Waals surface area contributed by atoms with E-state index >= 15 is 0 Å². The van der Waals surface area contributed by atoms with Crippen LogP contribution in [-0.4, -0.2) is 11.7 Å². The molecule has 0 spiro atoms. The smallest absolute Gasteiger partial charge is 0.0464 e. The molecule has 1 aromatic carbocycles. The minimum absolute atomic E-state index is 0.286. The molecule has 0 saturated carbocycles. The molecular formula is C15H24O. The Bertz CT molecular complexity index is 287. The summed E-state index contributed by atoms with van der Waals surface area (Å²) in [6, 6.07) is 8.84. The van der Waals surface area contributed by atoms with E-state index in [1.165, 1.54) is 17.5 Å². The molecule has 1 aromatic rings. The average Bonchev–Trinajstić information content (AvgIpc) is 2.28. The fourth-order valence-corrected chi connectivity index (χ4v) is 1.94. The summed E-state index contributed by atoms with van der Waals surface area (Å²) in [6.07, 6.45) is 3.35. The lowest BCUT2D eigenvalue weighted by Gasteiger charge is -2.18. The molecule has 0 saturated heterocycles. The molecule has 0 aliphatic heterocycles. The van der Waals surface area contributed by atoms with Gasteiger partial charge in [-0.25, -0.2) is 0 Å². The predicted molar refractivity (Wildman–Crippen MR) is 69.6 cm³/mol. The highest BCUT2D eigenvalue weighted by atomic mass is 16.3. The summed E-state index contributed by atoms with van der Waals surface area (Å²) >= 11 is 0. The van der Waals surface area contributed by atoms with Crippen molar-refractivity contribution in [2.24, 2.45) is 11.8 Å². The SMILES string of the molecule is CCCc1ccc(CC(CO)C(C)C)cc1. The van der Waals surface area contributed by atoms with Crippen molar-refractivity contribution in [2.75, 3.05) is 6.61 Å². The molecule has 1 rings (SSSR count). The van der Waals surface area contributed by atoms with Crippen molar-refractivity contribution >= 4 is 0 Å². The van der Waals surface area contributed by atoms with Crippen molar-refractivity contribution in [1.29, 1.82) is 0 Å². The highest BCUT2D eigenvalue weighted by molar-refractivity contribution is 5.23. The van der Waals surface area contributed by atoms with Crippen molar-refractivity contribution in [2.45, 2.75) is 40.0 Å². The van der Waals surface area contributed by atoms with E-state index in [2.05, 4.69) is 45.0 Å². The van der Waals surface area contributed by atoms with Crippen LogP contribution in [0.25, 0.3) is 0 Å². The number of aliphatic hydroxyl groups excluding tert-OH is 1. The van der Waals surface area contributed by atoms with Crippen LogP contribution in [0.15, 0.2) is 24.3 Å². The fourth-order valence-electron chi connectivity index (χ4n) is 1.94. The van der Waals surface area contributed by atoms with Gasteiger partial charge in [-0.15, -0.1) is 0 Å². The molecule has 1 unspecified atom stereocenters. The Morgan fingerprint density at radius 3 is 2.06 bits per heavy atom. The number of hydrogen-bond donors (Lipinski definition) is 1. The molecule has 0 aromatic heterocycles. The fraction of sp³-hybridized carbons (Fsp3) is 0.600. The molecular weight excluding hydrogens is 196 g/mol. The summed E-state index contributed by atoms with van der Waals surface area (Å²) in [5, 5.41) is 9.30. The second-order valence-electron chi connectivity index (χ2n) is 4.96. The summed E-state index contributed by atoms with van der Waals surface area (Å²) in [6.45, 7) is 6.83. The van der Waals surface area contributed by atoms with Gasteiger partial charge in [0.25, 0.3) is 0 Å². The molecule has 0 radical (unpaired) electrons. The second-order valence-corrected chi connectivity index (χ2v) is 4.96. The Kier molecular flexibility index (Phi) is 5.54. The van der Waals surface area contributed by atoms with Gasteiger partial charge in [-0.05, 0) is 35.8 Å². The molecule has 1 nitrogen and oxygen atoms in total. The number of hydrogen-bond acceptors (Lipinski definition) is 1. The van der Waals surface area contributed by atoms with Crippen molar-refractivity contribution in [1.82, 2.24) is 0 Å². The first-order chi connectivity index (χ1) is 7.67. The first-order valence-electron chi connectivity index (χ1n) is 6.36. The van der Waals surface area contributed by atoms with Crippen LogP contribution in [0.4, 0.5) is 0 Å². The summed E-state index contributed by atoms with van der Waals surface area (Å²) in [7, 11) is 0. The molecule has 0 amide bonds. The average molecular weight is 220 g/mol.